The number of amides is 1. The van der Waals surface area contributed by atoms with E-state index in [1.54, 1.807) is 5.38 Å². The number of aromatic amines is 1. The number of nitrogens with one attached hydrogen (secondary N) is 2. The largest absolute Gasteiger partial charge is 0.350 e. The lowest BCUT2D eigenvalue weighted by molar-refractivity contribution is -0.385. The predicted octanol–water partition coefficient (Wildman–Crippen LogP) is 1.34. The summed E-state index contributed by atoms with van der Waals surface area (Å²) in [6.45, 7) is 0.131. The van der Waals surface area contributed by atoms with Crippen LogP contribution in [0.15, 0.2) is 28.4 Å². The molecule has 0 aliphatic carbocycles. The summed E-state index contributed by atoms with van der Waals surface area (Å²) in [5, 5.41) is 14.6. The number of H-pyrrole nitrogens is 1. The first-order chi connectivity index (χ1) is 9.95. The molecule has 1 aromatic heterocycles. The quantitative estimate of drug-likeness (QED) is 0.642. The summed E-state index contributed by atoms with van der Waals surface area (Å²) in [5.41, 5.74) is 0.256. The lowest BCUT2D eigenvalue weighted by atomic mass is 10.1. The fourth-order valence-corrected chi connectivity index (χ4v) is 2.20. The standard InChI is InChI=1S/C12H10FN3O4S/c13-10-4-9(16(19)20)2-1-7(10)3-11(17)14-5-8-6-21-12(18)15-8/h1-2,4,6H,3,5H2,(H,14,17)(H,15,18). The Kier molecular flexibility index (Phi) is 4.43. The number of benzene rings is 1. The molecular weight excluding hydrogens is 301 g/mol. The van der Waals surface area contributed by atoms with Gasteiger partial charge in [-0.05, 0) is 11.6 Å². The Morgan fingerprint density at radius 2 is 2.24 bits per heavy atom. The number of hydrogen-bond acceptors (Lipinski definition) is 5. The molecule has 9 heteroatoms. The molecule has 2 rings (SSSR count). The Morgan fingerprint density at radius 3 is 2.81 bits per heavy atom. The van der Waals surface area contributed by atoms with Gasteiger partial charge in [0, 0.05) is 17.1 Å². The van der Waals surface area contributed by atoms with E-state index in [2.05, 4.69) is 10.3 Å². The van der Waals surface area contributed by atoms with Gasteiger partial charge >= 0.3 is 4.87 Å². The second-order valence-corrected chi connectivity index (χ2v) is 5.00. The summed E-state index contributed by atoms with van der Waals surface area (Å²) in [6, 6.07) is 3.13. The Labute approximate surface area is 121 Å². The fourth-order valence-electron chi connectivity index (χ4n) is 1.62. The number of non-ortho nitro benzene ring substituents is 1. The summed E-state index contributed by atoms with van der Waals surface area (Å²) >= 11 is 0.981. The molecule has 0 radical (unpaired) electrons. The average molecular weight is 311 g/mol. The molecule has 0 saturated heterocycles. The lowest BCUT2D eigenvalue weighted by Crippen LogP contribution is -2.25. The molecule has 0 atom stereocenters. The van der Waals surface area contributed by atoms with E-state index in [4.69, 9.17) is 0 Å². The molecule has 0 fully saturated rings. The van der Waals surface area contributed by atoms with E-state index in [1.807, 2.05) is 0 Å². The van der Waals surface area contributed by atoms with E-state index in [0.29, 0.717) is 5.69 Å². The predicted molar refractivity (Wildman–Crippen MR) is 73.5 cm³/mol. The summed E-state index contributed by atoms with van der Waals surface area (Å²) in [4.78, 5) is 34.6. The summed E-state index contributed by atoms with van der Waals surface area (Å²) in [7, 11) is 0. The van der Waals surface area contributed by atoms with E-state index in [0.717, 1.165) is 23.5 Å². The number of halogens is 1. The van der Waals surface area contributed by atoms with E-state index in [-0.39, 0.29) is 29.1 Å². The van der Waals surface area contributed by atoms with Crippen LogP contribution in [0.1, 0.15) is 11.3 Å². The summed E-state index contributed by atoms with van der Waals surface area (Å²) in [5.74, 6) is -1.25. The van der Waals surface area contributed by atoms with Gasteiger partial charge in [-0.3, -0.25) is 19.7 Å². The molecule has 1 amide bonds. The van der Waals surface area contributed by atoms with Gasteiger partial charge in [0.25, 0.3) is 5.69 Å². The number of nitro groups is 1. The Hall–Kier alpha value is -2.55. The number of hydrogen-bond donors (Lipinski definition) is 2. The van der Waals surface area contributed by atoms with Crippen molar-refractivity contribution in [2.45, 2.75) is 13.0 Å². The van der Waals surface area contributed by atoms with Gasteiger partial charge < -0.3 is 10.3 Å². The molecule has 0 spiro atoms. The monoisotopic (exact) mass is 311 g/mol. The van der Waals surface area contributed by atoms with Gasteiger partial charge in [-0.15, -0.1) is 0 Å². The first-order valence-corrected chi connectivity index (χ1v) is 6.70. The van der Waals surface area contributed by atoms with Crippen molar-refractivity contribution in [3.8, 4) is 0 Å². The van der Waals surface area contributed by atoms with Crippen molar-refractivity contribution in [3.63, 3.8) is 0 Å². The molecule has 1 heterocycles. The maximum absolute atomic E-state index is 13.6. The molecule has 2 aromatic rings. The van der Waals surface area contributed by atoms with Crippen LogP contribution in [0.5, 0.6) is 0 Å². The van der Waals surface area contributed by atoms with Crippen LogP contribution in [0.4, 0.5) is 10.1 Å². The van der Waals surface area contributed by atoms with Gasteiger partial charge in [-0.1, -0.05) is 11.3 Å². The average Bonchev–Trinajstić information content (AvgIpc) is 2.84. The van der Waals surface area contributed by atoms with Crippen molar-refractivity contribution in [3.05, 3.63) is 60.4 Å². The minimum atomic E-state index is -0.803. The zero-order valence-electron chi connectivity index (χ0n) is 10.6. The lowest BCUT2D eigenvalue weighted by Gasteiger charge is -2.05. The first-order valence-electron chi connectivity index (χ1n) is 5.82. The molecule has 2 N–H and O–H groups in total. The molecule has 21 heavy (non-hydrogen) atoms. The van der Waals surface area contributed by atoms with Gasteiger partial charge in [-0.2, -0.15) is 0 Å². The van der Waals surface area contributed by atoms with E-state index in [9.17, 15) is 24.1 Å². The number of rotatable bonds is 5. The second-order valence-electron chi connectivity index (χ2n) is 4.16. The molecule has 110 valence electrons. The minimum absolute atomic E-state index is 0.0666. The molecule has 0 saturated carbocycles. The van der Waals surface area contributed by atoms with Crippen molar-refractivity contribution in [1.82, 2.24) is 10.3 Å². The third-order valence-corrected chi connectivity index (χ3v) is 3.36. The number of carbonyl (C=O) groups excluding carboxylic acids is 1. The van der Waals surface area contributed by atoms with Crippen LogP contribution in [0.3, 0.4) is 0 Å². The summed E-state index contributed by atoms with van der Waals surface area (Å²) in [6.07, 6.45) is -0.238. The van der Waals surface area contributed by atoms with Gasteiger partial charge in [0.05, 0.1) is 24.0 Å². The highest BCUT2D eigenvalue weighted by Gasteiger charge is 2.13. The second kappa shape index (κ2) is 6.27. The van der Waals surface area contributed by atoms with Crippen LogP contribution < -0.4 is 10.2 Å². The van der Waals surface area contributed by atoms with Gasteiger partial charge in [0.15, 0.2) is 0 Å². The first kappa shape index (κ1) is 14.9. The molecule has 0 aliphatic rings. The van der Waals surface area contributed by atoms with Crippen LogP contribution in [0, 0.1) is 15.9 Å². The highest BCUT2D eigenvalue weighted by atomic mass is 32.1. The van der Waals surface area contributed by atoms with Crippen LogP contribution >= 0.6 is 11.3 Å². The smallest absolute Gasteiger partial charge is 0.304 e. The van der Waals surface area contributed by atoms with Gasteiger partial charge in [0.1, 0.15) is 5.82 Å². The normalized spacial score (nSPS) is 10.3. The fraction of sp³-hybridized carbons (Fsp3) is 0.167. The maximum atomic E-state index is 13.6. The SMILES string of the molecule is O=C(Cc1ccc([N+](=O)[O-])cc1F)NCc1csc(=O)[nH]1. The van der Waals surface area contributed by atoms with E-state index < -0.39 is 16.6 Å². The van der Waals surface area contributed by atoms with Crippen LogP contribution in [-0.4, -0.2) is 15.8 Å². The van der Waals surface area contributed by atoms with Crippen LogP contribution in [0.25, 0.3) is 0 Å². The highest BCUT2D eigenvalue weighted by Crippen LogP contribution is 2.16. The topological polar surface area (TPSA) is 105 Å². The van der Waals surface area contributed by atoms with Gasteiger partial charge in [0.2, 0.25) is 5.91 Å². The zero-order valence-corrected chi connectivity index (χ0v) is 11.4. The Bertz CT molecular complexity index is 740. The van der Waals surface area contributed by atoms with Crippen molar-refractivity contribution in [2.75, 3.05) is 0 Å². The summed E-state index contributed by atoms with van der Waals surface area (Å²) < 4.78 is 13.6. The Balaban J connectivity index is 1.96. The van der Waals surface area contributed by atoms with Crippen LogP contribution in [0.2, 0.25) is 0 Å². The van der Waals surface area contributed by atoms with E-state index >= 15 is 0 Å². The number of aromatic nitrogens is 1. The van der Waals surface area contributed by atoms with Crippen LogP contribution in [-0.2, 0) is 17.8 Å². The van der Waals surface area contributed by atoms with Gasteiger partial charge in [-0.25, -0.2) is 4.39 Å². The van der Waals surface area contributed by atoms with Crippen molar-refractivity contribution < 1.29 is 14.1 Å². The molecule has 1 aromatic carbocycles. The highest BCUT2D eigenvalue weighted by molar-refractivity contribution is 7.07. The van der Waals surface area contributed by atoms with Crippen molar-refractivity contribution in [2.24, 2.45) is 0 Å². The number of nitro benzene ring substituents is 1. The minimum Gasteiger partial charge on any atom is -0.350 e. The number of thiazole rings is 1. The molecule has 0 unspecified atom stereocenters. The zero-order chi connectivity index (χ0) is 15.4. The molecular formula is C12H10FN3O4S. The Morgan fingerprint density at radius 1 is 1.48 bits per heavy atom. The molecule has 7 nitrogen and oxygen atoms in total. The van der Waals surface area contributed by atoms with Crippen molar-refractivity contribution >= 4 is 22.9 Å². The molecule has 0 aliphatic heterocycles. The third kappa shape index (κ3) is 3.96. The number of nitrogens with zero attached hydrogens (tertiary/aromatic N) is 1. The van der Waals surface area contributed by atoms with Crippen molar-refractivity contribution in [1.29, 1.82) is 0 Å². The number of carbonyl (C=O) groups is 1. The third-order valence-electron chi connectivity index (χ3n) is 2.65. The molecule has 0 bridgehead atoms. The van der Waals surface area contributed by atoms with E-state index in [1.165, 1.54) is 6.07 Å². The maximum Gasteiger partial charge on any atom is 0.304 e.